The van der Waals surface area contributed by atoms with Crippen molar-refractivity contribution in [2.45, 2.75) is 19.2 Å². The van der Waals surface area contributed by atoms with E-state index < -0.39 is 12.9 Å². The molecule has 0 saturated carbocycles. The largest absolute Gasteiger partial charge is 0.373 e. The lowest BCUT2D eigenvalue weighted by atomic mass is 10.1. The summed E-state index contributed by atoms with van der Waals surface area (Å²) in [5.74, 6) is 0. The SMILES string of the molecule is COP(=O)(OC)[C@](C)(O)c1ccc(C)cc1. The highest BCUT2D eigenvalue weighted by atomic mass is 31.2. The van der Waals surface area contributed by atoms with Crippen LogP contribution in [-0.2, 0) is 19.0 Å². The Morgan fingerprint density at radius 3 is 2.00 bits per heavy atom. The second-order valence-corrected chi connectivity index (χ2v) is 6.35. The average molecular weight is 244 g/mol. The molecule has 16 heavy (non-hydrogen) atoms. The fraction of sp³-hybridized carbons (Fsp3) is 0.455. The minimum atomic E-state index is -3.57. The molecular weight excluding hydrogens is 227 g/mol. The van der Waals surface area contributed by atoms with Gasteiger partial charge in [-0.05, 0) is 19.4 Å². The Bertz CT molecular complexity index is 389. The summed E-state index contributed by atoms with van der Waals surface area (Å²) in [7, 11) is -1.05. The van der Waals surface area contributed by atoms with E-state index in [0.29, 0.717) is 5.56 Å². The molecule has 0 aromatic heterocycles. The summed E-state index contributed by atoms with van der Waals surface area (Å²) in [6.07, 6.45) is 0. The van der Waals surface area contributed by atoms with E-state index in [2.05, 4.69) is 0 Å². The third-order valence-electron chi connectivity index (χ3n) is 2.61. The van der Waals surface area contributed by atoms with Crippen LogP contribution in [0.2, 0.25) is 0 Å². The molecule has 0 aliphatic heterocycles. The second kappa shape index (κ2) is 4.68. The van der Waals surface area contributed by atoms with Crippen molar-refractivity contribution >= 4 is 7.60 Å². The quantitative estimate of drug-likeness (QED) is 0.827. The first kappa shape index (κ1) is 13.4. The highest BCUT2D eigenvalue weighted by molar-refractivity contribution is 7.54. The van der Waals surface area contributed by atoms with E-state index in [9.17, 15) is 9.67 Å². The van der Waals surface area contributed by atoms with E-state index in [1.807, 2.05) is 19.1 Å². The van der Waals surface area contributed by atoms with Crippen LogP contribution >= 0.6 is 7.60 Å². The molecule has 0 aliphatic rings. The van der Waals surface area contributed by atoms with Crippen LogP contribution < -0.4 is 0 Å². The van der Waals surface area contributed by atoms with E-state index in [1.54, 1.807) is 12.1 Å². The van der Waals surface area contributed by atoms with Crippen molar-refractivity contribution in [3.63, 3.8) is 0 Å². The summed E-state index contributed by atoms with van der Waals surface area (Å²) in [5.41, 5.74) is 1.56. The summed E-state index contributed by atoms with van der Waals surface area (Å²) in [6.45, 7) is 3.36. The number of aliphatic hydroxyl groups is 1. The van der Waals surface area contributed by atoms with Crippen LogP contribution in [0.1, 0.15) is 18.1 Å². The molecule has 1 aromatic rings. The van der Waals surface area contributed by atoms with Crippen molar-refractivity contribution in [1.29, 1.82) is 0 Å². The summed E-state index contributed by atoms with van der Waals surface area (Å²) >= 11 is 0. The monoisotopic (exact) mass is 244 g/mol. The first-order valence-electron chi connectivity index (χ1n) is 4.88. The number of hydrogen-bond donors (Lipinski definition) is 1. The van der Waals surface area contributed by atoms with Crippen molar-refractivity contribution in [2.75, 3.05) is 14.2 Å². The number of hydrogen-bond acceptors (Lipinski definition) is 4. The van der Waals surface area contributed by atoms with Gasteiger partial charge in [0.1, 0.15) is 0 Å². The highest BCUT2D eigenvalue weighted by Gasteiger charge is 2.46. The molecule has 1 N–H and O–H groups in total. The summed E-state index contributed by atoms with van der Waals surface area (Å²) in [4.78, 5) is 0. The van der Waals surface area contributed by atoms with Crippen molar-refractivity contribution in [3.05, 3.63) is 35.4 Å². The first-order chi connectivity index (χ1) is 7.37. The van der Waals surface area contributed by atoms with Crippen LogP contribution in [0.5, 0.6) is 0 Å². The summed E-state index contributed by atoms with van der Waals surface area (Å²) < 4.78 is 21.8. The van der Waals surface area contributed by atoms with Gasteiger partial charge in [-0.25, -0.2) is 0 Å². The second-order valence-electron chi connectivity index (χ2n) is 3.75. The van der Waals surface area contributed by atoms with Gasteiger partial charge in [0.05, 0.1) is 0 Å². The van der Waals surface area contributed by atoms with E-state index >= 15 is 0 Å². The third kappa shape index (κ3) is 2.20. The van der Waals surface area contributed by atoms with E-state index in [-0.39, 0.29) is 0 Å². The highest BCUT2D eigenvalue weighted by Crippen LogP contribution is 2.62. The van der Waals surface area contributed by atoms with Gasteiger partial charge >= 0.3 is 7.60 Å². The lowest BCUT2D eigenvalue weighted by Gasteiger charge is -2.30. The fourth-order valence-corrected chi connectivity index (χ4v) is 2.78. The predicted molar refractivity (Wildman–Crippen MR) is 62.4 cm³/mol. The molecule has 0 fully saturated rings. The third-order valence-corrected chi connectivity index (χ3v) is 4.90. The van der Waals surface area contributed by atoms with Gasteiger partial charge in [0.15, 0.2) is 5.34 Å². The van der Waals surface area contributed by atoms with E-state index in [0.717, 1.165) is 5.56 Å². The molecule has 5 heteroatoms. The lowest BCUT2D eigenvalue weighted by Crippen LogP contribution is -2.23. The van der Waals surface area contributed by atoms with Gasteiger partial charge in [0.2, 0.25) is 0 Å². The minimum absolute atomic E-state index is 0.505. The molecule has 1 rings (SSSR count). The Labute approximate surface area is 95.7 Å². The molecule has 0 bridgehead atoms. The Morgan fingerprint density at radius 2 is 1.62 bits per heavy atom. The fourth-order valence-electron chi connectivity index (χ4n) is 1.46. The molecule has 0 heterocycles. The van der Waals surface area contributed by atoms with Crippen LogP contribution in [0.15, 0.2) is 24.3 Å². The molecule has 0 spiro atoms. The van der Waals surface area contributed by atoms with Gasteiger partial charge in [-0.1, -0.05) is 29.8 Å². The Kier molecular flexibility index (Phi) is 3.92. The molecule has 0 radical (unpaired) electrons. The first-order valence-corrected chi connectivity index (χ1v) is 6.43. The maximum Gasteiger partial charge on any atom is 0.365 e. The maximum absolute atomic E-state index is 12.2. The molecule has 1 atom stereocenters. The van der Waals surface area contributed by atoms with Crippen molar-refractivity contribution in [3.8, 4) is 0 Å². The topological polar surface area (TPSA) is 55.8 Å². The van der Waals surface area contributed by atoms with Crippen LogP contribution in [0.3, 0.4) is 0 Å². The van der Waals surface area contributed by atoms with Gasteiger partial charge in [-0.3, -0.25) is 4.57 Å². The standard InChI is InChI=1S/C11H17O4P/c1-9-5-7-10(8-6-9)11(2,12)16(13,14-3)15-4/h5-8,12H,1-4H3/t11-/m0/s1. The van der Waals surface area contributed by atoms with Crippen LogP contribution in [0.4, 0.5) is 0 Å². The molecule has 90 valence electrons. The average Bonchev–Trinajstić information content (AvgIpc) is 2.28. The van der Waals surface area contributed by atoms with Crippen molar-refractivity contribution in [1.82, 2.24) is 0 Å². The van der Waals surface area contributed by atoms with Gasteiger partial charge in [0.25, 0.3) is 0 Å². The van der Waals surface area contributed by atoms with Crippen molar-refractivity contribution < 1.29 is 18.7 Å². The molecule has 4 nitrogen and oxygen atoms in total. The summed E-state index contributed by atoms with van der Waals surface area (Å²) in [6, 6.07) is 7.08. The van der Waals surface area contributed by atoms with Gasteiger partial charge < -0.3 is 14.2 Å². The Hall–Kier alpha value is -0.670. The van der Waals surface area contributed by atoms with E-state index in [1.165, 1.54) is 21.1 Å². The van der Waals surface area contributed by atoms with Gasteiger partial charge in [0, 0.05) is 14.2 Å². The minimum Gasteiger partial charge on any atom is -0.373 e. The number of aryl methyl sites for hydroxylation is 1. The predicted octanol–water partition coefficient (Wildman–Crippen LogP) is 2.65. The molecular formula is C11H17O4P. The Balaban J connectivity index is 3.19. The summed E-state index contributed by atoms with van der Waals surface area (Å²) in [5, 5.41) is 8.63. The normalized spacial score (nSPS) is 15.8. The van der Waals surface area contributed by atoms with E-state index in [4.69, 9.17) is 9.05 Å². The zero-order valence-electron chi connectivity index (χ0n) is 9.93. The van der Waals surface area contributed by atoms with Crippen molar-refractivity contribution in [2.24, 2.45) is 0 Å². The van der Waals surface area contributed by atoms with Crippen LogP contribution in [0.25, 0.3) is 0 Å². The van der Waals surface area contributed by atoms with Gasteiger partial charge in [-0.15, -0.1) is 0 Å². The zero-order valence-corrected chi connectivity index (χ0v) is 10.8. The van der Waals surface area contributed by atoms with Gasteiger partial charge in [-0.2, -0.15) is 0 Å². The number of rotatable bonds is 4. The van der Waals surface area contributed by atoms with Crippen LogP contribution in [0, 0.1) is 6.92 Å². The molecule has 0 amide bonds. The molecule has 0 unspecified atom stereocenters. The molecule has 1 aromatic carbocycles. The number of benzene rings is 1. The Morgan fingerprint density at radius 1 is 1.19 bits per heavy atom. The zero-order chi connectivity index (χ0) is 12.4. The maximum atomic E-state index is 12.2. The molecule has 0 saturated heterocycles. The molecule has 0 aliphatic carbocycles. The smallest absolute Gasteiger partial charge is 0.365 e. The lowest BCUT2D eigenvalue weighted by molar-refractivity contribution is 0.0932. The van der Waals surface area contributed by atoms with Crippen LogP contribution in [-0.4, -0.2) is 19.3 Å².